The van der Waals surface area contributed by atoms with E-state index in [-0.39, 0.29) is 6.10 Å². The van der Waals surface area contributed by atoms with Crippen molar-refractivity contribution in [1.29, 1.82) is 0 Å². The van der Waals surface area contributed by atoms with E-state index in [0.717, 1.165) is 12.2 Å². The van der Waals surface area contributed by atoms with E-state index in [9.17, 15) is 5.11 Å². The highest BCUT2D eigenvalue weighted by atomic mass is 16.3. The fraction of sp³-hybridized carbons (Fsp3) is 0.800. The number of nitrogens with zero attached hydrogens (tertiary/aromatic N) is 3. The van der Waals surface area contributed by atoms with E-state index >= 15 is 0 Å². The molecule has 1 aromatic rings. The second-order valence-electron chi connectivity index (χ2n) is 4.21. The Morgan fingerprint density at radius 2 is 2.27 bits per heavy atom. The van der Waals surface area contributed by atoms with Crippen LogP contribution in [0.4, 0.5) is 0 Å². The van der Waals surface area contributed by atoms with E-state index in [4.69, 9.17) is 0 Å². The highest BCUT2D eigenvalue weighted by molar-refractivity contribution is 4.82. The maximum absolute atomic E-state index is 9.61. The van der Waals surface area contributed by atoms with E-state index in [1.807, 2.05) is 7.05 Å². The Labute approximate surface area is 90.5 Å². The monoisotopic (exact) mass is 212 g/mol. The molecule has 1 aromatic heterocycles. The molecule has 0 fully saturated rings. The molecule has 0 saturated heterocycles. The van der Waals surface area contributed by atoms with E-state index in [1.165, 1.54) is 6.33 Å². The maximum Gasteiger partial charge on any atom is 0.140 e. The molecule has 0 saturated carbocycles. The van der Waals surface area contributed by atoms with Crippen molar-refractivity contribution in [1.82, 2.24) is 20.1 Å². The number of aromatic nitrogens is 3. The van der Waals surface area contributed by atoms with Crippen LogP contribution in [0.5, 0.6) is 0 Å². The molecular formula is C10H20N4O. The quantitative estimate of drug-likeness (QED) is 0.712. The van der Waals surface area contributed by atoms with Crippen molar-refractivity contribution in [2.45, 2.75) is 32.9 Å². The summed E-state index contributed by atoms with van der Waals surface area (Å²) in [5.74, 6) is 1.41. The lowest BCUT2D eigenvalue weighted by atomic mass is 10.1. The molecule has 0 radical (unpaired) electrons. The summed E-state index contributed by atoms with van der Waals surface area (Å²) < 4.78 is 1.72. The predicted molar refractivity (Wildman–Crippen MR) is 58.2 cm³/mol. The van der Waals surface area contributed by atoms with E-state index in [2.05, 4.69) is 29.2 Å². The lowest BCUT2D eigenvalue weighted by Crippen LogP contribution is -2.28. The minimum absolute atomic E-state index is 0.279. The van der Waals surface area contributed by atoms with Gasteiger partial charge >= 0.3 is 0 Å². The first-order valence-electron chi connectivity index (χ1n) is 5.31. The minimum Gasteiger partial charge on any atom is -0.392 e. The molecule has 0 aliphatic rings. The van der Waals surface area contributed by atoms with Crippen molar-refractivity contribution in [3.63, 3.8) is 0 Å². The molecule has 0 aromatic carbocycles. The number of aliphatic hydroxyl groups excluding tert-OH is 1. The van der Waals surface area contributed by atoms with Gasteiger partial charge in [-0.3, -0.25) is 4.68 Å². The van der Waals surface area contributed by atoms with Gasteiger partial charge in [0.15, 0.2) is 0 Å². The first-order valence-corrected chi connectivity index (χ1v) is 5.31. The van der Waals surface area contributed by atoms with Gasteiger partial charge in [0.2, 0.25) is 0 Å². The first-order chi connectivity index (χ1) is 7.09. The molecule has 0 bridgehead atoms. The van der Waals surface area contributed by atoms with Crippen molar-refractivity contribution < 1.29 is 5.11 Å². The average molecular weight is 212 g/mol. The maximum atomic E-state index is 9.61. The summed E-state index contributed by atoms with van der Waals surface area (Å²) in [6.45, 7) is 5.45. The molecule has 0 amide bonds. The fourth-order valence-corrected chi connectivity index (χ4v) is 1.46. The van der Waals surface area contributed by atoms with Crippen molar-refractivity contribution in [3.8, 4) is 0 Å². The smallest absolute Gasteiger partial charge is 0.140 e. The van der Waals surface area contributed by atoms with Crippen molar-refractivity contribution in [3.05, 3.63) is 12.2 Å². The molecule has 0 aliphatic carbocycles. The Balaban J connectivity index is 2.19. The molecule has 5 nitrogen and oxygen atoms in total. The van der Waals surface area contributed by atoms with Gasteiger partial charge in [0.1, 0.15) is 12.2 Å². The average Bonchev–Trinajstić information content (AvgIpc) is 2.50. The zero-order valence-electron chi connectivity index (χ0n) is 9.64. The summed E-state index contributed by atoms with van der Waals surface area (Å²) in [6, 6.07) is 0. The fourth-order valence-electron chi connectivity index (χ4n) is 1.46. The van der Waals surface area contributed by atoms with Crippen molar-refractivity contribution >= 4 is 0 Å². The molecule has 0 spiro atoms. The topological polar surface area (TPSA) is 63.0 Å². The summed E-state index contributed by atoms with van der Waals surface area (Å²) in [4.78, 5) is 4.08. The second-order valence-corrected chi connectivity index (χ2v) is 4.21. The third-order valence-electron chi connectivity index (χ3n) is 2.21. The van der Waals surface area contributed by atoms with E-state index in [1.54, 1.807) is 4.68 Å². The third kappa shape index (κ3) is 4.40. The SMILES string of the molecule is CC(C)CC(O)CNCc1ncnn1C. The zero-order chi connectivity index (χ0) is 11.3. The normalized spacial score (nSPS) is 13.4. The summed E-state index contributed by atoms with van der Waals surface area (Å²) in [5, 5.41) is 16.7. The van der Waals surface area contributed by atoms with Gasteiger partial charge in [-0.1, -0.05) is 13.8 Å². The molecule has 1 atom stereocenters. The summed E-state index contributed by atoms with van der Waals surface area (Å²) >= 11 is 0. The van der Waals surface area contributed by atoms with Crippen molar-refractivity contribution in [2.75, 3.05) is 6.54 Å². The Kier molecular flexibility index (Phi) is 4.71. The Morgan fingerprint density at radius 1 is 1.53 bits per heavy atom. The van der Waals surface area contributed by atoms with Crippen LogP contribution in [0, 0.1) is 5.92 Å². The lowest BCUT2D eigenvalue weighted by Gasteiger charge is -2.13. The highest BCUT2D eigenvalue weighted by Gasteiger charge is 2.07. The third-order valence-corrected chi connectivity index (χ3v) is 2.21. The molecule has 1 heterocycles. The molecule has 1 rings (SSSR count). The molecule has 2 N–H and O–H groups in total. The first kappa shape index (κ1) is 12.1. The predicted octanol–water partition coefficient (Wildman–Crippen LogP) is 0.312. The Hall–Kier alpha value is -0.940. The molecule has 1 unspecified atom stereocenters. The molecule has 5 heteroatoms. The van der Waals surface area contributed by atoms with Gasteiger partial charge < -0.3 is 10.4 Å². The van der Waals surface area contributed by atoms with Crippen LogP contribution in [-0.2, 0) is 13.6 Å². The summed E-state index contributed by atoms with van der Waals surface area (Å²) in [6.07, 6.45) is 2.08. The van der Waals surface area contributed by atoms with Gasteiger partial charge in [-0.15, -0.1) is 0 Å². The number of aryl methyl sites for hydroxylation is 1. The second kappa shape index (κ2) is 5.82. The number of nitrogens with one attached hydrogen (secondary N) is 1. The summed E-state index contributed by atoms with van der Waals surface area (Å²) in [7, 11) is 1.86. The van der Waals surface area contributed by atoms with Crippen LogP contribution in [0.1, 0.15) is 26.1 Å². The number of hydrogen-bond acceptors (Lipinski definition) is 4. The van der Waals surface area contributed by atoms with Crippen LogP contribution in [-0.4, -0.2) is 32.5 Å². The van der Waals surface area contributed by atoms with Gasteiger partial charge in [-0.05, 0) is 12.3 Å². The molecule has 86 valence electrons. The standard InChI is InChI=1S/C10H20N4O/c1-8(2)4-9(15)5-11-6-10-12-7-13-14(10)3/h7-9,11,15H,4-6H2,1-3H3. The van der Waals surface area contributed by atoms with Gasteiger partial charge in [0.05, 0.1) is 12.6 Å². The van der Waals surface area contributed by atoms with Gasteiger partial charge in [-0.25, -0.2) is 4.98 Å². The number of aliphatic hydroxyl groups is 1. The van der Waals surface area contributed by atoms with Crippen LogP contribution in [0.3, 0.4) is 0 Å². The van der Waals surface area contributed by atoms with Crippen LogP contribution in [0.2, 0.25) is 0 Å². The molecule has 0 aliphatic heterocycles. The van der Waals surface area contributed by atoms with Gasteiger partial charge in [-0.2, -0.15) is 5.10 Å². The van der Waals surface area contributed by atoms with Crippen LogP contribution in [0.25, 0.3) is 0 Å². The van der Waals surface area contributed by atoms with Crippen molar-refractivity contribution in [2.24, 2.45) is 13.0 Å². The lowest BCUT2D eigenvalue weighted by molar-refractivity contribution is 0.146. The van der Waals surface area contributed by atoms with Gasteiger partial charge in [0, 0.05) is 13.6 Å². The van der Waals surface area contributed by atoms with Crippen LogP contribution < -0.4 is 5.32 Å². The molecule has 15 heavy (non-hydrogen) atoms. The van der Waals surface area contributed by atoms with Crippen LogP contribution in [0.15, 0.2) is 6.33 Å². The number of rotatable bonds is 6. The largest absolute Gasteiger partial charge is 0.392 e. The van der Waals surface area contributed by atoms with E-state index < -0.39 is 0 Å². The minimum atomic E-state index is -0.279. The Morgan fingerprint density at radius 3 is 2.80 bits per heavy atom. The Bertz CT molecular complexity index is 285. The number of hydrogen-bond donors (Lipinski definition) is 2. The highest BCUT2D eigenvalue weighted by Crippen LogP contribution is 2.03. The zero-order valence-corrected chi connectivity index (χ0v) is 9.64. The van der Waals surface area contributed by atoms with Gasteiger partial charge in [0.25, 0.3) is 0 Å². The molecular weight excluding hydrogens is 192 g/mol. The van der Waals surface area contributed by atoms with E-state index in [0.29, 0.717) is 19.0 Å². The van der Waals surface area contributed by atoms with Crippen LogP contribution >= 0.6 is 0 Å². The summed E-state index contributed by atoms with van der Waals surface area (Å²) in [5.41, 5.74) is 0.